The van der Waals surface area contributed by atoms with E-state index in [2.05, 4.69) is 20.2 Å². The van der Waals surface area contributed by atoms with Gasteiger partial charge in [0.25, 0.3) is 0 Å². The number of H-pyrrole nitrogens is 1. The molecule has 0 unspecified atom stereocenters. The molecule has 24 heavy (non-hydrogen) atoms. The van der Waals surface area contributed by atoms with E-state index in [9.17, 15) is 10.4 Å². The van der Waals surface area contributed by atoms with Crippen molar-refractivity contribution in [2.75, 3.05) is 5.75 Å². The SMILES string of the molecule is CC(C)n1cnnc1SC/C(O)=C(\C#N)c1nc2ccccc2[nH]1. The Hall–Kier alpha value is -2.79. The molecular formula is C16H16N6OS. The number of aromatic amines is 1. The van der Waals surface area contributed by atoms with Crippen LogP contribution in [0.4, 0.5) is 0 Å². The summed E-state index contributed by atoms with van der Waals surface area (Å²) < 4.78 is 1.91. The van der Waals surface area contributed by atoms with Crippen LogP contribution in [-0.2, 0) is 0 Å². The zero-order chi connectivity index (χ0) is 17.1. The van der Waals surface area contributed by atoms with Crippen LogP contribution in [0.2, 0.25) is 0 Å². The first-order valence-corrected chi connectivity index (χ1v) is 8.38. The maximum absolute atomic E-state index is 10.3. The number of aliphatic hydroxyl groups is 1. The lowest BCUT2D eigenvalue weighted by atomic mass is 10.2. The minimum atomic E-state index is -0.0418. The van der Waals surface area contributed by atoms with Crippen molar-refractivity contribution in [3.05, 3.63) is 42.2 Å². The first-order chi connectivity index (χ1) is 11.6. The summed E-state index contributed by atoms with van der Waals surface area (Å²) in [5.74, 6) is 0.535. The van der Waals surface area contributed by atoms with Crippen LogP contribution in [0.15, 0.2) is 41.5 Å². The van der Waals surface area contributed by atoms with Crippen molar-refractivity contribution in [3.8, 4) is 6.07 Å². The van der Waals surface area contributed by atoms with Gasteiger partial charge in [-0.25, -0.2) is 4.98 Å². The number of hydrogen-bond acceptors (Lipinski definition) is 6. The Morgan fingerprint density at radius 3 is 2.92 bits per heavy atom. The zero-order valence-corrected chi connectivity index (χ0v) is 14.1. The molecule has 0 saturated heterocycles. The molecule has 3 rings (SSSR count). The second-order valence-corrected chi connectivity index (χ2v) is 6.38. The van der Waals surface area contributed by atoms with Crippen LogP contribution in [-0.4, -0.2) is 35.6 Å². The van der Waals surface area contributed by atoms with Gasteiger partial charge in [0.15, 0.2) is 11.0 Å². The first kappa shape index (κ1) is 16.1. The van der Waals surface area contributed by atoms with Crippen LogP contribution in [0.1, 0.15) is 25.7 Å². The number of nitrogens with zero attached hydrogens (tertiary/aromatic N) is 5. The van der Waals surface area contributed by atoms with Crippen molar-refractivity contribution in [1.29, 1.82) is 5.26 Å². The second kappa shape index (κ2) is 6.76. The fourth-order valence-electron chi connectivity index (χ4n) is 2.22. The van der Waals surface area contributed by atoms with E-state index in [4.69, 9.17) is 0 Å². The number of fused-ring (bicyclic) bond motifs is 1. The molecule has 2 heterocycles. The second-order valence-electron chi connectivity index (χ2n) is 5.44. The molecule has 0 spiro atoms. The van der Waals surface area contributed by atoms with Gasteiger partial charge in [0, 0.05) is 6.04 Å². The Bertz CT molecular complexity index is 900. The van der Waals surface area contributed by atoms with Crippen LogP contribution in [0, 0.1) is 11.3 Å². The molecule has 0 amide bonds. The molecule has 0 aliphatic carbocycles. The number of aromatic nitrogens is 5. The van der Waals surface area contributed by atoms with Gasteiger partial charge >= 0.3 is 0 Å². The van der Waals surface area contributed by atoms with E-state index < -0.39 is 0 Å². The van der Waals surface area contributed by atoms with E-state index in [0.29, 0.717) is 11.0 Å². The highest BCUT2D eigenvalue weighted by atomic mass is 32.2. The van der Waals surface area contributed by atoms with E-state index in [0.717, 1.165) is 11.0 Å². The van der Waals surface area contributed by atoms with Crippen LogP contribution < -0.4 is 0 Å². The van der Waals surface area contributed by atoms with Crippen LogP contribution >= 0.6 is 11.8 Å². The van der Waals surface area contributed by atoms with Crippen molar-refractivity contribution < 1.29 is 5.11 Å². The first-order valence-electron chi connectivity index (χ1n) is 7.39. The van der Waals surface area contributed by atoms with Gasteiger partial charge < -0.3 is 14.7 Å². The topological polar surface area (TPSA) is 103 Å². The molecule has 0 aliphatic rings. The molecule has 2 aromatic heterocycles. The summed E-state index contributed by atoms with van der Waals surface area (Å²) in [5.41, 5.74) is 1.70. The number of rotatable bonds is 5. The zero-order valence-electron chi connectivity index (χ0n) is 13.3. The lowest BCUT2D eigenvalue weighted by Crippen LogP contribution is -2.02. The smallest absolute Gasteiger partial charge is 0.191 e. The number of imidazole rings is 1. The van der Waals surface area contributed by atoms with Crippen molar-refractivity contribution in [1.82, 2.24) is 24.7 Å². The van der Waals surface area contributed by atoms with E-state index in [1.54, 1.807) is 6.33 Å². The number of allylic oxidation sites excluding steroid dienone is 1. The van der Waals surface area contributed by atoms with Crippen LogP contribution in [0.5, 0.6) is 0 Å². The molecule has 0 radical (unpaired) electrons. The lowest BCUT2D eigenvalue weighted by Gasteiger charge is -2.09. The van der Waals surface area contributed by atoms with E-state index in [1.165, 1.54) is 11.8 Å². The predicted octanol–water partition coefficient (Wildman–Crippen LogP) is 3.32. The molecule has 1 aromatic carbocycles. The molecule has 8 heteroatoms. The molecule has 2 N–H and O–H groups in total. The number of aliphatic hydroxyl groups excluding tert-OH is 1. The van der Waals surface area contributed by atoms with E-state index in [-0.39, 0.29) is 23.1 Å². The number of nitrogens with one attached hydrogen (secondary N) is 1. The number of nitriles is 1. The molecule has 0 fully saturated rings. The summed E-state index contributed by atoms with van der Waals surface area (Å²) in [6.45, 7) is 4.05. The molecule has 7 nitrogen and oxygen atoms in total. The van der Waals surface area contributed by atoms with Gasteiger partial charge in [0.05, 0.1) is 16.8 Å². The normalized spacial score (nSPS) is 12.4. The summed E-state index contributed by atoms with van der Waals surface area (Å²) in [7, 11) is 0. The Balaban J connectivity index is 1.85. The Kier molecular flexibility index (Phi) is 4.53. The van der Waals surface area contributed by atoms with Crippen LogP contribution in [0.25, 0.3) is 16.6 Å². The average molecular weight is 340 g/mol. The summed E-state index contributed by atoms with van der Waals surface area (Å²) in [6.07, 6.45) is 1.65. The van der Waals surface area contributed by atoms with Gasteiger partial charge in [-0.05, 0) is 26.0 Å². The monoisotopic (exact) mass is 340 g/mol. The third-order valence-electron chi connectivity index (χ3n) is 3.46. The number of para-hydroxylation sites is 2. The van der Waals surface area contributed by atoms with Crippen molar-refractivity contribution in [2.45, 2.75) is 25.0 Å². The van der Waals surface area contributed by atoms with E-state index in [1.807, 2.05) is 48.7 Å². The van der Waals surface area contributed by atoms with Gasteiger partial charge in [-0.3, -0.25) is 0 Å². The molecule has 0 atom stereocenters. The molecule has 0 saturated carbocycles. The highest BCUT2D eigenvalue weighted by molar-refractivity contribution is 7.99. The molecule has 122 valence electrons. The molecule has 0 bridgehead atoms. The fraction of sp³-hybridized carbons (Fsp3) is 0.250. The van der Waals surface area contributed by atoms with Gasteiger partial charge in [0.2, 0.25) is 0 Å². The average Bonchev–Trinajstić information content (AvgIpc) is 3.20. The molecule has 0 aliphatic heterocycles. The molecule has 3 aromatic rings. The highest BCUT2D eigenvalue weighted by Crippen LogP contribution is 2.24. The fourth-order valence-corrected chi connectivity index (χ4v) is 3.14. The maximum Gasteiger partial charge on any atom is 0.191 e. The van der Waals surface area contributed by atoms with Gasteiger partial charge in [-0.15, -0.1) is 10.2 Å². The quantitative estimate of drug-likeness (QED) is 0.419. The minimum absolute atomic E-state index is 0.0418. The summed E-state index contributed by atoms with van der Waals surface area (Å²) in [5, 5.41) is 28.4. The van der Waals surface area contributed by atoms with Crippen LogP contribution in [0.3, 0.4) is 0 Å². The third kappa shape index (κ3) is 3.12. The Labute approximate surface area is 143 Å². The maximum atomic E-state index is 10.3. The summed E-state index contributed by atoms with van der Waals surface area (Å²) in [4.78, 5) is 7.41. The Morgan fingerprint density at radius 2 is 2.21 bits per heavy atom. The lowest BCUT2D eigenvalue weighted by molar-refractivity contribution is 0.420. The minimum Gasteiger partial charge on any atom is -0.510 e. The predicted molar refractivity (Wildman–Crippen MR) is 92.4 cm³/mol. The third-order valence-corrected chi connectivity index (χ3v) is 4.43. The van der Waals surface area contributed by atoms with Gasteiger partial charge in [0.1, 0.15) is 23.7 Å². The summed E-state index contributed by atoms with van der Waals surface area (Å²) in [6, 6.07) is 9.72. The Morgan fingerprint density at radius 1 is 1.42 bits per heavy atom. The van der Waals surface area contributed by atoms with Crippen molar-refractivity contribution in [2.24, 2.45) is 0 Å². The van der Waals surface area contributed by atoms with Gasteiger partial charge in [-0.2, -0.15) is 5.26 Å². The largest absolute Gasteiger partial charge is 0.510 e. The van der Waals surface area contributed by atoms with Crippen molar-refractivity contribution in [3.63, 3.8) is 0 Å². The molecular weight excluding hydrogens is 324 g/mol. The summed E-state index contributed by atoms with van der Waals surface area (Å²) >= 11 is 1.32. The van der Waals surface area contributed by atoms with Gasteiger partial charge in [-0.1, -0.05) is 23.9 Å². The number of hydrogen-bond donors (Lipinski definition) is 2. The standard InChI is InChI=1S/C16H16N6OS/c1-10(2)22-9-18-21-16(22)24-8-14(23)11(7-17)15-19-12-5-3-4-6-13(12)20-15/h3-6,9-10,23H,8H2,1-2H3,(H,19,20)/b14-11-. The number of thioether (sulfide) groups is 1. The highest BCUT2D eigenvalue weighted by Gasteiger charge is 2.15. The van der Waals surface area contributed by atoms with Crippen molar-refractivity contribution >= 4 is 28.4 Å². The van der Waals surface area contributed by atoms with E-state index >= 15 is 0 Å². The number of benzene rings is 1.